The van der Waals surface area contributed by atoms with Gasteiger partial charge in [0.15, 0.2) is 0 Å². The highest BCUT2D eigenvalue weighted by Crippen LogP contribution is 2.21. The fourth-order valence-corrected chi connectivity index (χ4v) is 7.00. The second kappa shape index (κ2) is 34.5. The van der Waals surface area contributed by atoms with Crippen LogP contribution in [-0.2, 0) is 0 Å². The van der Waals surface area contributed by atoms with Crippen molar-refractivity contribution in [3.05, 3.63) is 0 Å². The van der Waals surface area contributed by atoms with Crippen LogP contribution in [0.1, 0.15) is 233 Å². The van der Waals surface area contributed by atoms with Crippen LogP contribution in [0.5, 0.6) is 0 Å². The largest absolute Gasteiger partial charge is 0.324 e. The van der Waals surface area contributed by atoms with Gasteiger partial charge in [-0.3, -0.25) is 0 Å². The molecule has 0 N–H and O–H groups in total. The Kier molecular flexibility index (Phi) is 34.4. The molecular weight excluding hydrogens is 494 g/mol. The van der Waals surface area contributed by atoms with E-state index in [0.717, 1.165) is 0 Å². The van der Waals surface area contributed by atoms with Gasteiger partial charge in [0, 0.05) is 0 Å². The molecule has 0 aliphatic rings. The monoisotopic (exact) mass is 579 g/mol. The van der Waals surface area contributed by atoms with Gasteiger partial charge in [-0.2, -0.15) is 0 Å². The smallest absolute Gasteiger partial charge is 0.0786 e. The van der Waals surface area contributed by atoms with Gasteiger partial charge in [-0.15, -0.1) is 0 Å². The Labute approximate surface area is 263 Å². The van der Waals surface area contributed by atoms with Crippen molar-refractivity contribution in [3.8, 4) is 0 Å². The zero-order valence-electron chi connectivity index (χ0n) is 29.9. The van der Waals surface area contributed by atoms with Crippen LogP contribution in [0.2, 0.25) is 0 Å². The number of hydrogen-bond donors (Lipinski definition) is 0. The van der Waals surface area contributed by atoms with E-state index in [9.17, 15) is 0 Å². The molecule has 0 unspecified atom stereocenters. The Morgan fingerprint density at radius 3 is 0.512 bits per heavy atom. The van der Waals surface area contributed by atoms with E-state index in [1.807, 2.05) is 0 Å². The second-order valence-corrected chi connectivity index (χ2v) is 14.1. The number of nitrogens with zero attached hydrogens (tertiary/aromatic N) is 1. The van der Waals surface area contributed by atoms with Crippen LogP contribution in [-0.4, -0.2) is 30.7 Å². The van der Waals surface area contributed by atoms with E-state index in [4.69, 9.17) is 0 Å². The molecule has 0 saturated heterocycles. The number of quaternary nitrogens is 1. The molecule has 0 heterocycles. The van der Waals surface area contributed by atoms with Gasteiger partial charge in [0.25, 0.3) is 0 Å². The van der Waals surface area contributed by atoms with Gasteiger partial charge in [0.05, 0.1) is 26.2 Å². The van der Waals surface area contributed by atoms with Crippen molar-refractivity contribution in [1.29, 1.82) is 0 Å². The number of rotatable bonds is 36. The van der Waals surface area contributed by atoms with Gasteiger partial charge in [-0.25, -0.2) is 0 Å². The maximum absolute atomic E-state index is 2.35. The first kappa shape index (κ1) is 41.0. The fraction of sp³-hybridized carbons (Fsp3) is 1.00. The standard InChI is InChI=1S/C40H84N/c1-5-9-13-17-21-22-23-24-25-26-27-28-32-36-40-41(37-33-29-18-14-10-6-2,38-34-30-19-15-11-7-3)39-35-31-20-16-12-8-4/h5-40H2,1-4H3/q+1. The molecule has 0 aliphatic carbocycles. The predicted octanol–water partition coefficient (Wildman–Crippen LogP) is 14.4. The topological polar surface area (TPSA) is 0 Å². The van der Waals surface area contributed by atoms with Crippen molar-refractivity contribution in [1.82, 2.24) is 0 Å². The Morgan fingerprint density at radius 2 is 0.341 bits per heavy atom. The quantitative estimate of drug-likeness (QED) is 0.0512. The minimum atomic E-state index is 1.37. The third-order valence-electron chi connectivity index (χ3n) is 9.94. The van der Waals surface area contributed by atoms with Gasteiger partial charge in [-0.1, -0.05) is 182 Å². The molecule has 1 heteroatoms. The lowest BCUT2D eigenvalue weighted by atomic mass is 10.0. The maximum Gasteiger partial charge on any atom is 0.0786 e. The summed E-state index contributed by atoms with van der Waals surface area (Å²) in [4.78, 5) is 0. The molecule has 0 rings (SSSR count). The molecule has 0 aromatic heterocycles. The van der Waals surface area contributed by atoms with Crippen molar-refractivity contribution in [2.75, 3.05) is 26.2 Å². The average molecular weight is 579 g/mol. The molecule has 0 spiro atoms. The molecule has 248 valence electrons. The van der Waals surface area contributed by atoms with Crippen LogP contribution in [0.3, 0.4) is 0 Å². The van der Waals surface area contributed by atoms with Gasteiger partial charge in [0.1, 0.15) is 0 Å². The highest BCUT2D eigenvalue weighted by atomic mass is 15.3. The van der Waals surface area contributed by atoms with E-state index in [0.29, 0.717) is 0 Å². The molecule has 0 aromatic carbocycles. The van der Waals surface area contributed by atoms with E-state index in [-0.39, 0.29) is 0 Å². The zero-order chi connectivity index (χ0) is 30.0. The lowest BCUT2D eigenvalue weighted by Gasteiger charge is -2.40. The molecule has 0 atom stereocenters. The van der Waals surface area contributed by atoms with Crippen molar-refractivity contribution in [2.45, 2.75) is 233 Å². The van der Waals surface area contributed by atoms with Crippen LogP contribution in [0.25, 0.3) is 0 Å². The first-order chi connectivity index (χ1) is 20.2. The van der Waals surface area contributed by atoms with Crippen LogP contribution >= 0.6 is 0 Å². The summed E-state index contributed by atoms with van der Waals surface area (Å²) < 4.78 is 1.48. The van der Waals surface area contributed by atoms with Gasteiger partial charge in [0.2, 0.25) is 0 Å². The van der Waals surface area contributed by atoms with Crippen LogP contribution in [0, 0.1) is 0 Å². The number of hydrogen-bond acceptors (Lipinski definition) is 0. The van der Waals surface area contributed by atoms with Gasteiger partial charge in [-0.05, 0) is 51.4 Å². The first-order valence-electron chi connectivity index (χ1n) is 20.1. The molecule has 0 aromatic rings. The molecule has 0 fully saturated rings. The van der Waals surface area contributed by atoms with E-state index in [2.05, 4.69) is 27.7 Å². The molecule has 0 amide bonds. The fourth-order valence-electron chi connectivity index (χ4n) is 7.00. The Bertz CT molecular complexity index is 417. The maximum atomic E-state index is 2.35. The molecule has 0 aliphatic heterocycles. The summed E-state index contributed by atoms with van der Waals surface area (Å²) in [6, 6.07) is 0. The van der Waals surface area contributed by atoms with Crippen molar-refractivity contribution in [3.63, 3.8) is 0 Å². The predicted molar refractivity (Wildman–Crippen MR) is 190 cm³/mol. The van der Waals surface area contributed by atoms with E-state index < -0.39 is 0 Å². The van der Waals surface area contributed by atoms with Crippen molar-refractivity contribution < 1.29 is 4.48 Å². The van der Waals surface area contributed by atoms with Crippen molar-refractivity contribution >= 4 is 0 Å². The van der Waals surface area contributed by atoms with Gasteiger partial charge < -0.3 is 4.48 Å². The lowest BCUT2D eigenvalue weighted by molar-refractivity contribution is -0.929. The normalized spacial score (nSPS) is 12.0. The van der Waals surface area contributed by atoms with Crippen LogP contribution in [0.4, 0.5) is 0 Å². The first-order valence-corrected chi connectivity index (χ1v) is 20.1. The van der Waals surface area contributed by atoms with Crippen molar-refractivity contribution in [2.24, 2.45) is 0 Å². The summed E-state index contributed by atoms with van der Waals surface area (Å²) in [5.41, 5.74) is 0. The molecule has 0 saturated carbocycles. The van der Waals surface area contributed by atoms with E-state index in [1.165, 1.54) is 236 Å². The minimum Gasteiger partial charge on any atom is -0.324 e. The molecule has 0 bridgehead atoms. The number of unbranched alkanes of at least 4 members (excludes halogenated alkanes) is 28. The molecule has 1 nitrogen and oxygen atoms in total. The SMILES string of the molecule is CCCCCCCCCCCCCCCC[N+](CCCCCCCC)(CCCCCCCC)CCCCCCCC. The summed E-state index contributed by atoms with van der Waals surface area (Å²) in [5, 5.41) is 0. The average Bonchev–Trinajstić information content (AvgIpc) is 2.98. The third kappa shape index (κ3) is 29.8. The van der Waals surface area contributed by atoms with E-state index >= 15 is 0 Å². The van der Waals surface area contributed by atoms with Gasteiger partial charge >= 0.3 is 0 Å². The Hall–Kier alpha value is -0.0400. The molecule has 41 heavy (non-hydrogen) atoms. The summed E-state index contributed by atoms with van der Waals surface area (Å²) in [7, 11) is 0. The highest BCUT2D eigenvalue weighted by molar-refractivity contribution is 4.55. The van der Waals surface area contributed by atoms with Crippen LogP contribution in [0.15, 0.2) is 0 Å². The lowest BCUT2D eigenvalue weighted by Crippen LogP contribution is -2.50. The second-order valence-electron chi connectivity index (χ2n) is 14.1. The summed E-state index contributed by atoms with van der Waals surface area (Å²) in [6.45, 7) is 15.3. The molecular formula is C40H84N+. The third-order valence-corrected chi connectivity index (χ3v) is 9.94. The minimum absolute atomic E-state index is 1.37. The zero-order valence-corrected chi connectivity index (χ0v) is 29.9. The highest BCUT2D eigenvalue weighted by Gasteiger charge is 2.25. The van der Waals surface area contributed by atoms with Crippen LogP contribution < -0.4 is 0 Å². The summed E-state index contributed by atoms with van der Waals surface area (Å²) in [5.74, 6) is 0. The summed E-state index contributed by atoms with van der Waals surface area (Å²) in [6.07, 6.45) is 46.7. The molecule has 0 radical (unpaired) electrons. The Balaban J connectivity index is 4.53. The Morgan fingerprint density at radius 1 is 0.195 bits per heavy atom. The van der Waals surface area contributed by atoms with E-state index in [1.54, 1.807) is 0 Å². The summed E-state index contributed by atoms with van der Waals surface area (Å²) >= 11 is 0.